The van der Waals surface area contributed by atoms with E-state index in [-0.39, 0.29) is 5.70 Å². The molecule has 2 N–H and O–H groups in total. The SMILES string of the molecule is COc1ccc(C=C2NC(=O)N(CC(=O)O)C2=O)cc1. The second-order valence-corrected chi connectivity index (χ2v) is 4.05. The molecule has 20 heavy (non-hydrogen) atoms. The molecule has 1 aromatic rings. The van der Waals surface area contributed by atoms with Gasteiger partial charge in [-0.1, -0.05) is 12.1 Å². The summed E-state index contributed by atoms with van der Waals surface area (Å²) in [6, 6.07) is 6.11. The van der Waals surface area contributed by atoms with Crippen LogP contribution in [-0.2, 0) is 9.59 Å². The number of carboxylic acids is 1. The number of carbonyl (C=O) groups is 3. The number of carboxylic acid groups (broad SMARTS) is 1. The molecule has 2 rings (SSSR count). The molecule has 104 valence electrons. The first-order valence-electron chi connectivity index (χ1n) is 5.71. The molecule has 0 unspecified atom stereocenters. The molecular formula is C13H12N2O5. The van der Waals surface area contributed by atoms with Crippen LogP contribution in [0.4, 0.5) is 4.79 Å². The van der Waals surface area contributed by atoms with Crippen molar-refractivity contribution < 1.29 is 24.2 Å². The molecular weight excluding hydrogens is 264 g/mol. The molecule has 0 aromatic heterocycles. The Labute approximate surface area is 114 Å². The van der Waals surface area contributed by atoms with Crippen molar-refractivity contribution in [1.29, 1.82) is 0 Å². The van der Waals surface area contributed by atoms with Gasteiger partial charge in [-0.2, -0.15) is 0 Å². The molecule has 1 saturated heterocycles. The summed E-state index contributed by atoms with van der Waals surface area (Å²) in [6.45, 7) is -0.662. The number of imide groups is 1. The average molecular weight is 276 g/mol. The minimum absolute atomic E-state index is 0.0430. The van der Waals surface area contributed by atoms with Crippen molar-refractivity contribution in [3.8, 4) is 5.75 Å². The Balaban J connectivity index is 2.20. The van der Waals surface area contributed by atoms with Gasteiger partial charge in [-0.05, 0) is 23.8 Å². The van der Waals surface area contributed by atoms with Crippen LogP contribution in [0, 0.1) is 0 Å². The molecule has 7 heteroatoms. The van der Waals surface area contributed by atoms with Gasteiger partial charge in [-0.3, -0.25) is 9.59 Å². The Morgan fingerprint density at radius 3 is 2.55 bits per heavy atom. The van der Waals surface area contributed by atoms with E-state index in [4.69, 9.17) is 9.84 Å². The van der Waals surface area contributed by atoms with Crippen LogP contribution >= 0.6 is 0 Å². The van der Waals surface area contributed by atoms with Crippen LogP contribution in [0.3, 0.4) is 0 Å². The van der Waals surface area contributed by atoms with E-state index in [1.165, 1.54) is 13.2 Å². The quantitative estimate of drug-likeness (QED) is 0.622. The van der Waals surface area contributed by atoms with Crippen LogP contribution in [0.2, 0.25) is 0 Å². The van der Waals surface area contributed by atoms with Crippen LogP contribution in [0.25, 0.3) is 6.08 Å². The second-order valence-electron chi connectivity index (χ2n) is 4.05. The Bertz CT molecular complexity index is 591. The van der Waals surface area contributed by atoms with Gasteiger partial charge in [0.25, 0.3) is 5.91 Å². The first kappa shape index (κ1) is 13.6. The fraction of sp³-hybridized carbons (Fsp3) is 0.154. The molecule has 1 heterocycles. The molecule has 1 aliphatic rings. The number of hydrogen-bond donors (Lipinski definition) is 2. The van der Waals surface area contributed by atoms with E-state index >= 15 is 0 Å². The number of amides is 3. The topological polar surface area (TPSA) is 95.9 Å². The zero-order valence-corrected chi connectivity index (χ0v) is 10.6. The third-order valence-electron chi connectivity index (χ3n) is 2.68. The van der Waals surface area contributed by atoms with Gasteiger partial charge in [0, 0.05) is 0 Å². The fourth-order valence-electron chi connectivity index (χ4n) is 1.72. The number of hydrogen-bond acceptors (Lipinski definition) is 4. The van der Waals surface area contributed by atoms with Gasteiger partial charge < -0.3 is 15.2 Å². The van der Waals surface area contributed by atoms with Crippen molar-refractivity contribution in [2.24, 2.45) is 0 Å². The van der Waals surface area contributed by atoms with Crippen LogP contribution in [0.5, 0.6) is 5.75 Å². The minimum atomic E-state index is -1.25. The highest BCUT2D eigenvalue weighted by Gasteiger charge is 2.34. The normalized spacial score (nSPS) is 16.4. The molecule has 0 saturated carbocycles. The summed E-state index contributed by atoms with van der Waals surface area (Å²) >= 11 is 0. The molecule has 0 bridgehead atoms. The lowest BCUT2D eigenvalue weighted by atomic mass is 10.2. The third-order valence-corrected chi connectivity index (χ3v) is 2.68. The lowest BCUT2D eigenvalue weighted by molar-refractivity contribution is -0.140. The first-order chi connectivity index (χ1) is 9.51. The minimum Gasteiger partial charge on any atom is -0.497 e. The first-order valence-corrected chi connectivity index (χ1v) is 5.71. The Kier molecular flexibility index (Phi) is 3.69. The van der Waals surface area contributed by atoms with E-state index in [9.17, 15) is 14.4 Å². The molecule has 0 aliphatic carbocycles. The predicted octanol–water partition coefficient (Wildman–Crippen LogP) is 0.672. The molecule has 0 atom stereocenters. The maximum absolute atomic E-state index is 11.9. The number of methoxy groups -OCH3 is 1. The van der Waals surface area contributed by atoms with Gasteiger partial charge in [-0.15, -0.1) is 0 Å². The zero-order valence-electron chi connectivity index (χ0n) is 10.6. The summed E-state index contributed by atoms with van der Waals surface area (Å²) in [6.07, 6.45) is 1.47. The number of nitrogens with zero attached hydrogens (tertiary/aromatic N) is 1. The zero-order chi connectivity index (χ0) is 14.7. The number of rotatable bonds is 4. The van der Waals surface area contributed by atoms with Crippen LogP contribution in [-0.4, -0.2) is 41.6 Å². The van der Waals surface area contributed by atoms with Crippen LogP contribution < -0.4 is 10.1 Å². The standard InChI is InChI=1S/C13H12N2O5/c1-20-9-4-2-8(3-5-9)6-10-12(18)15(7-11(16)17)13(19)14-10/h2-6H,7H2,1H3,(H,14,19)(H,16,17). The smallest absolute Gasteiger partial charge is 0.329 e. The average Bonchev–Trinajstić information content (AvgIpc) is 2.67. The number of urea groups is 1. The van der Waals surface area contributed by atoms with Gasteiger partial charge in [0.05, 0.1) is 7.11 Å². The third kappa shape index (κ3) is 2.77. The lowest BCUT2D eigenvalue weighted by Gasteiger charge is -2.06. The summed E-state index contributed by atoms with van der Waals surface area (Å²) in [4.78, 5) is 34.6. The molecule has 3 amide bonds. The van der Waals surface area contributed by atoms with Gasteiger partial charge in [0.15, 0.2) is 0 Å². The summed E-state index contributed by atoms with van der Waals surface area (Å²) < 4.78 is 5.01. The lowest BCUT2D eigenvalue weighted by Crippen LogP contribution is -2.35. The van der Waals surface area contributed by atoms with Crippen LogP contribution in [0.15, 0.2) is 30.0 Å². The van der Waals surface area contributed by atoms with Crippen molar-refractivity contribution in [1.82, 2.24) is 10.2 Å². The maximum atomic E-state index is 11.9. The molecule has 0 radical (unpaired) electrons. The molecule has 0 spiro atoms. The Morgan fingerprint density at radius 2 is 2.00 bits per heavy atom. The highest BCUT2D eigenvalue weighted by atomic mass is 16.5. The maximum Gasteiger partial charge on any atom is 0.329 e. The van der Waals surface area contributed by atoms with E-state index < -0.39 is 24.5 Å². The highest BCUT2D eigenvalue weighted by molar-refractivity contribution is 6.15. The van der Waals surface area contributed by atoms with Crippen molar-refractivity contribution in [3.63, 3.8) is 0 Å². The highest BCUT2D eigenvalue weighted by Crippen LogP contribution is 2.16. The molecule has 1 aliphatic heterocycles. The van der Waals surface area contributed by atoms with Crippen molar-refractivity contribution >= 4 is 24.0 Å². The van der Waals surface area contributed by atoms with E-state index in [1.807, 2.05) is 0 Å². The number of ether oxygens (including phenoxy) is 1. The summed E-state index contributed by atoms with van der Waals surface area (Å²) in [5.74, 6) is -1.24. The Hall–Kier alpha value is -2.83. The predicted molar refractivity (Wildman–Crippen MR) is 68.9 cm³/mol. The largest absolute Gasteiger partial charge is 0.497 e. The van der Waals surface area contributed by atoms with Gasteiger partial charge in [0.2, 0.25) is 0 Å². The van der Waals surface area contributed by atoms with Crippen molar-refractivity contribution in [3.05, 3.63) is 35.5 Å². The Morgan fingerprint density at radius 1 is 1.35 bits per heavy atom. The monoisotopic (exact) mass is 276 g/mol. The summed E-state index contributed by atoms with van der Waals surface area (Å²) in [7, 11) is 1.54. The fourth-order valence-corrected chi connectivity index (χ4v) is 1.72. The second kappa shape index (κ2) is 5.43. The van der Waals surface area contributed by atoms with Gasteiger partial charge in [0.1, 0.15) is 18.0 Å². The van der Waals surface area contributed by atoms with E-state index in [1.54, 1.807) is 24.3 Å². The number of nitrogens with one attached hydrogen (secondary N) is 1. The van der Waals surface area contributed by atoms with Crippen molar-refractivity contribution in [2.45, 2.75) is 0 Å². The number of carbonyl (C=O) groups excluding carboxylic acids is 2. The van der Waals surface area contributed by atoms with E-state index in [0.29, 0.717) is 16.2 Å². The van der Waals surface area contributed by atoms with E-state index in [0.717, 1.165) is 0 Å². The summed E-state index contributed by atoms with van der Waals surface area (Å²) in [5.41, 5.74) is 0.730. The molecule has 7 nitrogen and oxygen atoms in total. The summed E-state index contributed by atoms with van der Waals surface area (Å²) in [5, 5.41) is 11.0. The van der Waals surface area contributed by atoms with E-state index in [2.05, 4.69) is 5.32 Å². The van der Waals surface area contributed by atoms with Crippen molar-refractivity contribution in [2.75, 3.05) is 13.7 Å². The van der Waals surface area contributed by atoms with Crippen LogP contribution in [0.1, 0.15) is 5.56 Å². The molecule has 1 fully saturated rings. The number of aliphatic carboxylic acids is 1. The number of benzene rings is 1. The molecule has 1 aromatic carbocycles. The van der Waals surface area contributed by atoms with Gasteiger partial charge >= 0.3 is 12.0 Å². The van der Waals surface area contributed by atoms with Gasteiger partial charge in [-0.25, -0.2) is 9.69 Å².